The van der Waals surface area contributed by atoms with E-state index in [4.69, 9.17) is 0 Å². The van der Waals surface area contributed by atoms with Gasteiger partial charge < -0.3 is 9.47 Å². The molecule has 1 aliphatic rings. The van der Waals surface area contributed by atoms with Crippen LogP contribution in [-0.2, 0) is 25.4 Å². The molecular formula is C16H23N5O3. The lowest BCUT2D eigenvalue weighted by Crippen LogP contribution is -2.45. The molecule has 3 rings (SSSR count). The number of imidazole rings is 1. The number of aryl methyl sites for hydroxylation is 1. The van der Waals surface area contributed by atoms with Crippen LogP contribution in [0.15, 0.2) is 15.9 Å². The summed E-state index contributed by atoms with van der Waals surface area (Å²) in [5.41, 5.74) is -0.255. The van der Waals surface area contributed by atoms with Gasteiger partial charge in [0.05, 0.1) is 6.33 Å². The number of hydrogen-bond donors (Lipinski definition) is 0. The van der Waals surface area contributed by atoms with Crippen LogP contribution in [0.2, 0.25) is 0 Å². The molecule has 0 aromatic carbocycles. The standard InChI is InChI=1S/C16H23N5O3/c1-4-11-7-5-6-8-21(11)12(22)9-20-10-17-14-13(20)15(23)19(3)16(24)18(14)2/h10-11H,4-9H2,1-3H3. The van der Waals surface area contributed by atoms with Crippen molar-refractivity contribution in [2.45, 2.75) is 45.2 Å². The molecule has 130 valence electrons. The van der Waals surface area contributed by atoms with Gasteiger partial charge in [-0.2, -0.15) is 0 Å². The van der Waals surface area contributed by atoms with Gasteiger partial charge in [-0.25, -0.2) is 9.78 Å². The molecule has 24 heavy (non-hydrogen) atoms. The summed E-state index contributed by atoms with van der Waals surface area (Å²) in [6.07, 6.45) is 5.60. The van der Waals surface area contributed by atoms with Crippen LogP contribution in [0, 0.1) is 0 Å². The number of likely N-dealkylation sites (tertiary alicyclic amines) is 1. The van der Waals surface area contributed by atoms with Gasteiger partial charge in [-0.15, -0.1) is 0 Å². The van der Waals surface area contributed by atoms with Crippen molar-refractivity contribution in [3.05, 3.63) is 27.2 Å². The van der Waals surface area contributed by atoms with Crippen LogP contribution in [0.5, 0.6) is 0 Å². The maximum atomic E-state index is 12.7. The fraction of sp³-hybridized carbons (Fsp3) is 0.625. The van der Waals surface area contributed by atoms with E-state index >= 15 is 0 Å². The fourth-order valence-electron chi connectivity index (χ4n) is 3.51. The highest BCUT2D eigenvalue weighted by Crippen LogP contribution is 2.20. The Morgan fingerprint density at radius 2 is 2.00 bits per heavy atom. The minimum absolute atomic E-state index is 0.00300. The van der Waals surface area contributed by atoms with E-state index in [-0.39, 0.29) is 24.0 Å². The summed E-state index contributed by atoms with van der Waals surface area (Å²) in [5, 5.41) is 0. The van der Waals surface area contributed by atoms with Crippen LogP contribution in [-0.4, -0.2) is 42.1 Å². The van der Waals surface area contributed by atoms with Crippen molar-refractivity contribution in [1.29, 1.82) is 0 Å². The maximum absolute atomic E-state index is 12.7. The van der Waals surface area contributed by atoms with Crippen molar-refractivity contribution < 1.29 is 4.79 Å². The molecule has 1 unspecified atom stereocenters. The van der Waals surface area contributed by atoms with Gasteiger partial charge in [-0.05, 0) is 25.7 Å². The zero-order valence-corrected chi connectivity index (χ0v) is 14.4. The molecular weight excluding hydrogens is 310 g/mol. The number of hydrogen-bond acceptors (Lipinski definition) is 4. The van der Waals surface area contributed by atoms with Crippen LogP contribution in [0.1, 0.15) is 32.6 Å². The Morgan fingerprint density at radius 3 is 2.71 bits per heavy atom. The predicted molar refractivity (Wildman–Crippen MR) is 89.9 cm³/mol. The lowest BCUT2D eigenvalue weighted by atomic mass is 10.00. The predicted octanol–water partition coefficient (Wildman–Crippen LogP) is 0.225. The number of carbonyl (C=O) groups is 1. The van der Waals surface area contributed by atoms with Gasteiger partial charge >= 0.3 is 5.69 Å². The molecule has 1 atom stereocenters. The molecule has 0 N–H and O–H groups in total. The Bertz CT molecular complexity index is 891. The van der Waals surface area contributed by atoms with Gasteiger partial charge in [-0.3, -0.25) is 18.7 Å². The van der Waals surface area contributed by atoms with Crippen LogP contribution in [0.3, 0.4) is 0 Å². The maximum Gasteiger partial charge on any atom is 0.332 e. The van der Waals surface area contributed by atoms with E-state index in [0.29, 0.717) is 5.65 Å². The molecule has 2 aromatic rings. The van der Waals surface area contributed by atoms with Crippen molar-refractivity contribution >= 4 is 17.1 Å². The average Bonchev–Trinajstić information content (AvgIpc) is 3.01. The Kier molecular flexibility index (Phi) is 4.29. The highest BCUT2D eigenvalue weighted by atomic mass is 16.2. The molecule has 1 saturated heterocycles. The van der Waals surface area contributed by atoms with Crippen LogP contribution >= 0.6 is 0 Å². The zero-order valence-electron chi connectivity index (χ0n) is 14.4. The van der Waals surface area contributed by atoms with Gasteiger partial charge in [0.1, 0.15) is 6.54 Å². The Labute approximate surface area is 139 Å². The van der Waals surface area contributed by atoms with Crippen molar-refractivity contribution in [3.8, 4) is 0 Å². The number of rotatable bonds is 3. The quantitative estimate of drug-likeness (QED) is 0.805. The summed E-state index contributed by atoms with van der Waals surface area (Å²) < 4.78 is 3.93. The first kappa shape index (κ1) is 16.5. The third-order valence-electron chi connectivity index (χ3n) is 4.94. The second kappa shape index (κ2) is 6.26. The summed E-state index contributed by atoms with van der Waals surface area (Å²) in [7, 11) is 3.00. The van der Waals surface area contributed by atoms with Crippen molar-refractivity contribution in [3.63, 3.8) is 0 Å². The number of piperidine rings is 1. The molecule has 3 heterocycles. The lowest BCUT2D eigenvalue weighted by Gasteiger charge is -2.35. The number of fused-ring (bicyclic) bond motifs is 1. The second-order valence-corrected chi connectivity index (χ2v) is 6.40. The number of carbonyl (C=O) groups excluding carboxylic acids is 1. The largest absolute Gasteiger partial charge is 0.338 e. The number of aromatic nitrogens is 4. The SMILES string of the molecule is CCC1CCCCN1C(=O)Cn1cnc2c1c(=O)n(C)c(=O)n2C. The minimum Gasteiger partial charge on any atom is -0.338 e. The van der Waals surface area contributed by atoms with Gasteiger partial charge in [0, 0.05) is 26.7 Å². The Hall–Kier alpha value is -2.38. The minimum atomic E-state index is -0.427. The topological polar surface area (TPSA) is 82.1 Å². The highest BCUT2D eigenvalue weighted by Gasteiger charge is 2.26. The summed E-state index contributed by atoms with van der Waals surface area (Å²) in [6, 6.07) is 0.272. The third-order valence-corrected chi connectivity index (χ3v) is 4.94. The van der Waals surface area contributed by atoms with E-state index in [1.54, 1.807) is 11.6 Å². The van der Waals surface area contributed by atoms with Gasteiger partial charge in [0.2, 0.25) is 5.91 Å². The molecule has 0 saturated carbocycles. The Balaban J connectivity index is 1.98. The van der Waals surface area contributed by atoms with E-state index in [2.05, 4.69) is 11.9 Å². The first-order valence-electron chi connectivity index (χ1n) is 8.36. The monoisotopic (exact) mass is 333 g/mol. The fourth-order valence-corrected chi connectivity index (χ4v) is 3.51. The first-order valence-corrected chi connectivity index (χ1v) is 8.36. The molecule has 0 aliphatic carbocycles. The smallest absolute Gasteiger partial charge is 0.332 e. The van der Waals surface area contributed by atoms with Crippen LogP contribution in [0.4, 0.5) is 0 Å². The Morgan fingerprint density at radius 1 is 1.25 bits per heavy atom. The summed E-state index contributed by atoms with van der Waals surface area (Å²) in [4.78, 5) is 43.2. The van der Waals surface area contributed by atoms with E-state index in [1.807, 2.05) is 4.90 Å². The van der Waals surface area contributed by atoms with Crippen molar-refractivity contribution in [1.82, 2.24) is 23.6 Å². The van der Waals surface area contributed by atoms with Crippen LogP contribution < -0.4 is 11.2 Å². The van der Waals surface area contributed by atoms with Gasteiger partial charge in [0.15, 0.2) is 11.2 Å². The molecule has 8 nitrogen and oxygen atoms in total. The molecule has 1 aliphatic heterocycles. The molecule has 0 radical (unpaired) electrons. The normalized spacial score (nSPS) is 18.3. The number of nitrogens with zero attached hydrogens (tertiary/aromatic N) is 5. The summed E-state index contributed by atoms with van der Waals surface area (Å²) >= 11 is 0. The van der Waals surface area contributed by atoms with Crippen molar-refractivity contribution in [2.24, 2.45) is 14.1 Å². The molecule has 0 bridgehead atoms. The molecule has 1 amide bonds. The van der Waals surface area contributed by atoms with Crippen LogP contribution in [0.25, 0.3) is 11.2 Å². The number of amides is 1. The highest BCUT2D eigenvalue weighted by molar-refractivity contribution is 5.79. The third kappa shape index (κ3) is 2.55. The van der Waals surface area contributed by atoms with Crippen molar-refractivity contribution in [2.75, 3.05) is 6.54 Å². The van der Waals surface area contributed by atoms with E-state index in [9.17, 15) is 14.4 Å². The van der Waals surface area contributed by atoms with Gasteiger partial charge in [-0.1, -0.05) is 6.92 Å². The van der Waals surface area contributed by atoms with E-state index < -0.39 is 11.2 Å². The average molecular weight is 333 g/mol. The lowest BCUT2D eigenvalue weighted by molar-refractivity contribution is -0.135. The molecule has 0 spiro atoms. The molecule has 8 heteroatoms. The molecule has 1 fully saturated rings. The van der Waals surface area contributed by atoms with E-state index in [1.165, 1.54) is 17.9 Å². The second-order valence-electron chi connectivity index (χ2n) is 6.40. The molecule has 2 aromatic heterocycles. The van der Waals surface area contributed by atoms with E-state index in [0.717, 1.165) is 36.8 Å². The summed E-state index contributed by atoms with van der Waals surface area (Å²) in [6.45, 7) is 2.93. The first-order chi connectivity index (χ1) is 11.5. The zero-order chi connectivity index (χ0) is 17.4. The van der Waals surface area contributed by atoms with Gasteiger partial charge in [0.25, 0.3) is 5.56 Å². The summed E-state index contributed by atoms with van der Waals surface area (Å²) in [5.74, 6) is -0.00300.